The molecule has 0 bridgehead atoms. The minimum atomic E-state index is -0.717. The first-order valence-corrected chi connectivity index (χ1v) is 8.30. The van der Waals surface area contributed by atoms with Crippen molar-refractivity contribution in [3.05, 3.63) is 0 Å². The Bertz CT molecular complexity index is 357. The fourth-order valence-corrected chi connectivity index (χ4v) is 3.67. The number of carbonyl (C=O) groups excluding carboxylic acids is 1. The van der Waals surface area contributed by atoms with E-state index in [1.54, 1.807) is 0 Å². The lowest BCUT2D eigenvalue weighted by Gasteiger charge is -2.36. The molecular weight excluding hydrogens is 268 g/mol. The van der Waals surface area contributed by atoms with Crippen LogP contribution in [-0.4, -0.2) is 41.5 Å². The SMILES string of the molecule is NCC1CCC(C(=O)N2CCC(CCC(=O)O)CC2)CC1. The van der Waals surface area contributed by atoms with E-state index in [1.807, 2.05) is 4.90 Å². The van der Waals surface area contributed by atoms with Gasteiger partial charge in [0.2, 0.25) is 5.91 Å². The molecule has 0 radical (unpaired) electrons. The monoisotopic (exact) mass is 296 g/mol. The van der Waals surface area contributed by atoms with E-state index in [4.69, 9.17) is 10.8 Å². The van der Waals surface area contributed by atoms with Gasteiger partial charge in [0.15, 0.2) is 0 Å². The van der Waals surface area contributed by atoms with E-state index < -0.39 is 5.97 Å². The fourth-order valence-electron chi connectivity index (χ4n) is 3.67. The Morgan fingerprint density at radius 2 is 1.62 bits per heavy atom. The first-order valence-electron chi connectivity index (χ1n) is 8.30. The predicted octanol–water partition coefficient (Wildman–Crippen LogP) is 1.85. The van der Waals surface area contributed by atoms with Crippen LogP contribution in [0.5, 0.6) is 0 Å². The lowest BCUT2D eigenvalue weighted by atomic mass is 9.81. The highest BCUT2D eigenvalue weighted by molar-refractivity contribution is 5.79. The summed E-state index contributed by atoms with van der Waals surface area (Å²) in [6.07, 6.45) is 7.05. The first-order chi connectivity index (χ1) is 10.1. The van der Waals surface area contributed by atoms with Crippen molar-refractivity contribution in [2.45, 2.75) is 51.4 Å². The summed E-state index contributed by atoms with van der Waals surface area (Å²) in [5.74, 6) is 0.879. The van der Waals surface area contributed by atoms with Crippen LogP contribution in [-0.2, 0) is 9.59 Å². The molecule has 0 aromatic rings. The largest absolute Gasteiger partial charge is 0.481 e. The molecule has 1 saturated carbocycles. The standard InChI is InChI=1S/C16H28N2O3/c17-11-13-1-4-14(5-2-13)16(21)18-9-7-12(8-10-18)3-6-15(19)20/h12-14H,1-11,17H2,(H,19,20). The molecule has 2 aliphatic rings. The van der Waals surface area contributed by atoms with E-state index in [0.29, 0.717) is 17.7 Å². The van der Waals surface area contributed by atoms with Crippen LogP contribution in [0.15, 0.2) is 0 Å². The lowest BCUT2D eigenvalue weighted by molar-refractivity contribution is -0.140. The van der Waals surface area contributed by atoms with E-state index in [0.717, 1.165) is 64.6 Å². The smallest absolute Gasteiger partial charge is 0.303 e. The van der Waals surface area contributed by atoms with Crippen molar-refractivity contribution < 1.29 is 14.7 Å². The number of hydrogen-bond donors (Lipinski definition) is 2. The van der Waals surface area contributed by atoms with Crippen LogP contribution in [0, 0.1) is 17.8 Å². The molecule has 5 heteroatoms. The molecule has 0 atom stereocenters. The highest BCUT2D eigenvalue weighted by atomic mass is 16.4. The highest BCUT2D eigenvalue weighted by Crippen LogP contribution is 2.31. The zero-order chi connectivity index (χ0) is 15.2. The van der Waals surface area contributed by atoms with E-state index in [1.165, 1.54) is 0 Å². The van der Waals surface area contributed by atoms with Gasteiger partial charge in [-0.25, -0.2) is 0 Å². The molecule has 0 aromatic carbocycles. The maximum Gasteiger partial charge on any atom is 0.303 e. The van der Waals surface area contributed by atoms with E-state index >= 15 is 0 Å². The summed E-state index contributed by atoms with van der Waals surface area (Å²) in [6.45, 7) is 2.36. The van der Waals surface area contributed by atoms with Gasteiger partial charge in [0.25, 0.3) is 0 Å². The Kier molecular flexibility index (Phi) is 6.03. The van der Waals surface area contributed by atoms with Crippen LogP contribution in [0.1, 0.15) is 51.4 Å². The van der Waals surface area contributed by atoms with Crippen molar-refractivity contribution in [1.82, 2.24) is 4.90 Å². The van der Waals surface area contributed by atoms with Crippen LogP contribution >= 0.6 is 0 Å². The summed E-state index contributed by atoms with van der Waals surface area (Å²) in [7, 11) is 0. The minimum absolute atomic E-state index is 0.198. The summed E-state index contributed by atoms with van der Waals surface area (Å²) < 4.78 is 0. The number of nitrogens with zero attached hydrogens (tertiary/aromatic N) is 1. The molecule has 0 unspecified atom stereocenters. The van der Waals surface area contributed by atoms with Crippen molar-refractivity contribution >= 4 is 11.9 Å². The summed E-state index contributed by atoms with van der Waals surface area (Å²) in [5, 5.41) is 8.72. The highest BCUT2D eigenvalue weighted by Gasteiger charge is 2.31. The third-order valence-electron chi connectivity index (χ3n) is 5.22. The average molecular weight is 296 g/mol. The predicted molar refractivity (Wildman–Crippen MR) is 80.7 cm³/mol. The molecule has 5 nitrogen and oxygen atoms in total. The van der Waals surface area contributed by atoms with E-state index in [9.17, 15) is 9.59 Å². The van der Waals surface area contributed by atoms with Gasteiger partial charge in [0, 0.05) is 25.4 Å². The zero-order valence-electron chi connectivity index (χ0n) is 12.8. The van der Waals surface area contributed by atoms with Crippen LogP contribution in [0.25, 0.3) is 0 Å². The second-order valence-electron chi connectivity index (χ2n) is 6.65. The Hall–Kier alpha value is -1.10. The summed E-state index contributed by atoms with van der Waals surface area (Å²) in [6, 6.07) is 0. The number of rotatable bonds is 5. The number of carbonyl (C=O) groups is 2. The van der Waals surface area contributed by atoms with Gasteiger partial charge in [0.1, 0.15) is 0 Å². The summed E-state index contributed by atoms with van der Waals surface area (Å²) in [5.41, 5.74) is 5.70. The molecule has 1 amide bonds. The summed E-state index contributed by atoms with van der Waals surface area (Å²) in [4.78, 5) is 25.1. The minimum Gasteiger partial charge on any atom is -0.481 e. The Labute approximate surface area is 126 Å². The number of carboxylic acids is 1. The maximum atomic E-state index is 12.5. The van der Waals surface area contributed by atoms with Crippen molar-refractivity contribution in [1.29, 1.82) is 0 Å². The number of aliphatic carboxylic acids is 1. The van der Waals surface area contributed by atoms with Crippen molar-refractivity contribution in [3.63, 3.8) is 0 Å². The van der Waals surface area contributed by atoms with Crippen LogP contribution in [0.4, 0.5) is 0 Å². The summed E-state index contributed by atoms with van der Waals surface area (Å²) >= 11 is 0. The van der Waals surface area contributed by atoms with Crippen LogP contribution in [0.3, 0.4) is 0 Å². The second kappa shape index (κ2) is 7.78. The molecule has 2 fully saturated rings. The molecule has 1 heterocycles. The third kappa shape index (κ3) is 4.70. The quantitative estimate of drug-likeness (QED) is 0.811. The number of piperidine rings is 1. The van der Waals surface area contributed by atoms with Crippen molar-refractivity contribution in [2.75, 3.05) is 19.6 Å². The zero-order valence-corrected chi connectivity index (χ0v) is 12.8. The fraction of sp³-hybridized carbons (Fsp3) is 0.875. The van der Waals surface area contributed by atoms with Gasteiger partial charge in [-0.1, -0.05) is 0 Å². The van der Waals surface area contributed by atoms with E-state index in [-0.39, 0.29) is 12.3 Å². The molecule has 1 saturated heterocycles. The second-order valence-corrected chi connectivity index (χ2v) is 6.65. The van der Waals surface area contributed by atoms with Crippen molar-refractivity contribution in [3.8, 4) is 0 Å². The number of nitrogens with two attached hydrogens (primary N) is 1. The van der Waals surface area contributed by atoms with E-state index in [2.05, 4.69) is 0 Å². The Morgan fingerprint density at radius 1 is 1.00 bits per heavy atom. The number of likely N-dealkylation sites (tertiary alicyclic amines) is 1. The molecule has 3 N–H and O–H groups in total. The number of carboxylic acid groups (broad SMARTS) is 1. The molecule has 120 valence electrons. The van der Waals surface area contributed by atoms with Crippen molar-refractivity contribution in [2.24, 2.45) is 23.5 Å². The average Bonchev–Trinajstić information content (AvgIpc) is 2.53. The maximum absolute atomic E-state index is 12.5. The number of amides is 1. The Morgan fingerprint density at radius 3 is 2.14 bits per heavy atom. The van der Waals surface area contributed by atoms with Crippen LogP contribution in [0.2, 0.25) is 0 Å². The first kappa shape index (κ1) is 16.3. The topological polar surface area (TPSA) is 83.6 Å². The Balaban J connectivity index is 1.72. The van der Waals surface area contributed by atoms with Gasteiger partial charge in [-0.15, -0.1) is 0 Å². The molecular formula is C16H28N2O3. The molecule has 1 aliphatic heterocycles. The van der Waals surface area contributed by atoms with Gasteiger partial charge in [-0.2, -0.15) is 0 Å². The van der Waals surface area contributed by atoms with Gasteiger partial charge < -0.3 is 15.7 Å². The number of hydrogen-bond acceptors (Lipinski definition) is 3. The van der Waals surface area contributed by atoms with Gasteiger partial charge >= 0.3 is 5.97 Å². The van der Waals surface area contributed by atoms with Gasteiger partial charge in [0.05, 0.1) is 0 Å². The van der Waals surface area contributed by atoms with Gasteiger partial charge in [-0.3, -0.25) is 9.59 Å². The molecule has 21 heavy (non-hydrogen) atoms. The third-order valence-corrected chi connectivity index (χ3v) is 5.22. The lowest BCUT2D eigenvalue weighted by Crippen LogP contribution is -2.43. The normalized spacial score (nSPS) is 27.6. The molecule has 2 rings (SSSR count). The molecule has 0 spiro atoms. The van der Waals surface area contributed by atoms with Gasteiger partial charge in [-0.05, 0) is 63.3 Å². The molecule has 0 aromatic heterocycles. The van der Waals surface area contributed by atoms with Crippen LogP contribution < -0.4 is 5.73 Å². The molecule has 1 aliphatic carbocycles.